The Hall–Kier alpha value is -1.05. The molecule has 1 fully saturated rings. The van der Waals surface area contributed by atoms with Crippen LogP contribution in [0.3, 0.4) is 0 Å². The second kappa shape index (κ2) is 8.70. The number of nitrogens with zero attached hydrogens (tertiary/aromatic N) is 1. The molecular formula is C21H35NO. The van der Waals surface area contributed by atoms with Gasteiger partial charge in [0.1, 0.15) is 0 Å². The first-order valence-corrected chi connectivity index (χ1v) is 9.85. The van der Waals surface area contributed by atoms with Gasteiger partial charge in [0.15, 0.2) is 0 Å². The summed E-state index contributed by atoms with van der Waals surface area (Å²) in [6.45, 7) is 9.08. The Balaban J connectivity index is 2.52. The molecule has 2 rings (SSSR count). The molecule has 1 aromatic heterocycles. The molecule has 0 bridgehead atoms. The Kier molecular flexibility index (Phi) is 6.92. The number of pyridine rings is 1. The van der Waals surface area contributed by atoms with Gasteiger partial charge in [-0.15, -0.1) is 0 Å². The van der Waals surface area contributed by atoms with Crippen LogP contribution in [0.1, 0.15) is 115 Å². The lowest BCUT2D eigenvalue weighted by molar-refractivity contribution is 0.350. The molecule has 2 heteroatoms. The van der Waals surface area contributed by atoms with Crippen molar-refractivity contribution >= 4 is 0 Å². The zero-order chi connectivity index (χ0) is 16.8. The largest absolute Gasteiger partial charge is 0.309 e. The van der Waals surface area contributed by atoms with Gasteiger partial charge < -0.3 is 4.57 Å². The summed E-state index contributed by atoms with van der Waals surface area (Å²) in [5, 5.41) is 0. The molecule has 0 aliphatic heterocycles. The van der Waals surface area contributed by atoms with Gasteiger partial charge in [-0.1, -0.05) is 65.9 Å². The number of hydrogen-bond donors (Lipinski definition) is 0. The monoisotopic (exact) mass is 317 g/mol. The van der Waals surface area contributed by atoms with Gasteiger partial charge >= 0.3 is 0 Å². The van der Waals surface area contributed by atoms with E-state index in [4.69, 9.17) is 0 Å². The Morgan fingerprint density at radius 2 is 1.52 bits per heavy atom. The molecule has 2 atom stereocenters. The summed E-state index contributed by atoms with van der Waals surface area (Å²) in [5.41, 5.74) is 2.96. The predicted molar refractivity (Wildman–Crippen MR) is 99.5 cm³/mol. The minimum atomic E-state index is 0.220. The van der Waals surface area contributed by atoms with Crippen LogP contribution in [0.4, 0.5) is 0 Å². The highest BCUT2D eigenvalue weighted by Crippen LogP contribution is 2.34. The third-order valence-corrected chi connectivity index (χ3v) is 5.86. The maximum absolute atomic E-state index is 12.8. The summed E-state index contributed by atoms with van der Waals surface area (Å²) < 4.78 is 2.21. The topological polar surface area (TPSA) is 22.0 Å². The van der Waals surface area contributed by atoms with E-state index in [9.17, 15) is 4.79 Å². The Morgan fingerprint density at radius 3 is 2.09 bits per heavy atom. The third kappa shape index (κ3) is 4.28. The molecule has 0 radical (unpaired) electrons. The highest BCUT2D eigenvalue weighted by Gasteiger charge is 2.23. The summed E-state index contributed by atoms with van der Waals surface area (Å²) in [6.07, 6.45) is 11.1. The van der Waals surface area contributed by atoms with E-state index in [1.54, 1.807) is 0 Å². The van der Waals surface area contributed by atoms with Crippen LogP contribution in [0.15, 0.2) is 16.9 Å². The number of hydrogen-bond acceptors (Lipinski definition) is 1. The average molecular weight is 318 g/mol. The zero-order valence-corrected chi connectivity index (χ0v) is 15.6. The standard InChI is InChI=1S/C21H35NO/c1-5-16(3)19-14-15-20(23)22(21(19)17(4)6-2)18-12-10-8-7-9-11-13-18/h14-18H,5-13H2,1-4H3. The molecule has 0 amide bonds. The van der Waals surface area contributed by atoms with E-state index in [0.717, 1.165) is 12.8 Å². The van der Waals surface area contributed by atoms with Crippen molar-refractivity contribution in [1.29, 1.82) is 0 Å². The van der Waals surface area contributed by atoms with Crippen LogP contribution in [-0.2, 0) is 0 Å². The van der Waals surface area contributed by atoms with Crippen LogP contribution in [0.5, 0.6) is 0 Å². The fraction of sp³-hybridized carbons (Fsp3) is 0.762. The van der Waals surface area contributed by atoms with Crippen molar-refractivity contribution in [2.45, 2.75) is 103 Å². The van der Waals surface area contributed by atoms with Gasteiger partial charge in [-0.05, 0) is 43.1 Å². The summed E-state index contributed by atoms with van der Waals surface area (Å²) >= 11 is 0. The van der Waals surface area contributed by atoms with Crippen molar-refractivity contribution in [3.8, 4) is 0 Å². The van der Waals surface area contributed by atoms with Gasteiger partial charge in [-0.3, -0.25) is 4.79 Å². The molecule has 1 aliphatic rings. The maximum Gasteiger partial charge on any atom is 0.251 e. The van der Waals surface area contributed by atoms with Gasteiger partial charge in [-0.2, -0.15) is 0 Å². The second-order valence-corrected chi connectivity index (χ2v) is 7.50. The molecule has 1 aliphatic carbocycles. The summed E-state index contributed by atoms with van der Waals surface area (Å²) in [7, 11) is 0. The van der Waals surface area contributed by atoms with Gasteiger partial charge in [0, 0.05) is 17.8 Å². The Bertz CT molecular complexity index is 537. The first kappa shape index (κ1) is 18.3. The molecule has 130 valence electrons. The first-order valence-electron chi connectivity index (χ1n) is 9.85. The second-order valence-electron chi connectivity index (χ2n) is 7.50. The summed E-state index contributed by atoms with van der Waals surface area (Å²) in [5.74, 6) is 0.984. The fourth-order valence-corrected chi connectivity index (χ4v) is 4.01. The Morgan fingerprint density at radius 1 is 0.957 bits per heavy atom. The number of aromatic nitrogens is 1. The van der Waals surface area contributed by atoms with Crippen LogP contribution in [-0.4, -0.2) is 4.57 Å². The third-order valence-electron chi connectivity index (χ3n) is 5.86. The first-order chi connectivity index (χ1) is 11.1. The minimum Gasteiger partial charge on any atom is -0.309 e. The van der Waals surface area contributed by atoms with Crippen molar-refractivity contribution < 1.29 is 0 Å². The van der Waals surface area contributed by atoms with Crippen molar-refractivity contribution in [1.82, 2.24) is 4.57 Å². The maximum atomic E-state index is 12.8. The molecule has 0 N–H and O–H groups in total. The Labute approximate surface area is 142 Å². The lowest BCUT2D eigenvalue weighted by atomic mass is 9.88. The van der Waals surface area contributed by atoms with Crippen LogP contribution in [0, 0.1) is 0 Å². The van der Waals surface area contributed by atoms with Crippen molar-refractivity contribution in [3.05, 3.63) is 33.7 Å². The quantitative estimate of drug-likeness (QED) is 0.637. The average Bonchev–Trinajstić information content (AvgIpc) is 2.53. The molecule has 0 spiro atoms. The van der Waals surface area contributed by atoms with Crippen molar-refractivity contribution in [2.75, 3.05) is 0 Å². The minimum absolute atomic E-state index is 0.220. The number of rotatable bonds is 5. The van der Waals surface area contributed by atoms with Crippen LogP contribution >= 0.6 is 0 Å². The van der Waals surface area contributed by atoms with E-state index in [1.165, 1.54) is 56.2 Å². The molecule has 2 unspecified atom stereocenters. The summed E-state index contributed by atoms with van der Waals surface area (Å²) in [4.78, 5) is 12.8. The van der Waals surface area contributed by atoms with E-state index in [1.807, 2.05) is 6.07 Å². The van der Waals surface area contributed by atoms with E-state index < -0.39 is 0 Å². The van der Waals surface area contributed by atoms with E-state index in [-0.39, 0.29) is 5.56 Å². The predicted octanol–water partition coefficient (Wildman–Crippen LogP) is 6.16. The SMILES string of the molecule is CCC(C)c1ccc(=O)n(C2CCCCCCC2)c1C(C)CC. The molecule has 1 saturated carbocycles. The van der Waals surface area contributed by atoms with Gasteiger partial charge in [0.05, 0.1) is 0 Å². The highest BCUT2D eigenvalue weighted by molar-refractivity contribution is 5.28. The zero-order valence-electron chi connectivity index (χ0n) is 15.6. The fourth-order valence-electron chi connectivity index (χ4n) is 4.01. The summed E-state index contributed by atoms with van der Waals surface area (Å²) in [6, 6.07) is 4.35. The van der Waals surface area contributed by atoms with Gasteiger partial charge in [0.2, 0.25) is 0 Å². The van der Waals surface area contributed by atoms with Crippen LogP contribution in [0.25, 0.3) is 0 Å². The lowest BCUT2D eigenvalue weighted by Gasteiger charge is -2.30. The van der Waals surface area contributed by atoms with E-state index >= 15 is 0 Å². The highest BCUT2D eigenvalue weighted by atomic mass is 16.1. The van der Waals surface area contributed by atoms with E-state index in [0.29, 0.717) is 17.9 Å². The van der Waals surface area contributed by atoms with Crippen LogP contribution in [0.2, 0.25) is 0 Å². The molecule has 2 nitrogen and oxygen atoms in total. The lowest BCUT2D eigenvalue weighted by Crippen LogP contribution is -2.30. The molecule has 0 aromatic carbocycles. The smallest absolute Gasteiger partial charge is 0.251 e. The van der Waals surface area contributed by atoms with Crippen LogP contribution < -0.4 is 5.56 Å². The molecular weight excluding hydrogens is 282 g/mol. The molecule has 1 aromatic rings. The molecule has 23 heavy (non-hydrogen) atoms. The molecule has 0 saturated heterocycles. The normalized spacial score (nSPS) is 19.8. The van der Waals surface area contributed by atoms with E-state index in [2.05, 4.69) is 38.3 Å². The van der Waals surface area contributed by atoms with Gasteiger partial charge in [-0.25, -0.2) is 0 Å². The molecule has 1 heterocycles. The van der Waals surface area contributed by atoms with Crippen molar-refractivity contribution in [2.24, 2.45) is 0 Å². The van der Waals surface area contributed by atoms with Crippen molar-refractivity contribution in [3.63, 3.8) is 0 Å². The van der Waals surface area contributed by atoms with Gasteiger partial charge in [0.25, 0.3) is 5.56 Å².